The number of rotatable bonds is 8. The summed E-state index contributed by atoms with van der Waals surface area (Å²) >= 11 is 0. The number of phenolic OH excluding ortho intramolecular Hbond substituents is 2. The summed E-state index contributed by atoms with van der Waals surface area (Å²) < 4.78 is 0. The number of fused-ring (bicyclic) bond motifs is 4. The van der Waals surface area contributed by atoms with Gasteiger partial charge in [-0.3, -0.25) is 9.98 Å². The quantitative estimate of drug-likeness (QED) is 0.150. The van der Waals surface area contributed by atoms with Gasteiger partial charge in [-0.2, -0.15) is 0 Å². The molecule has 0 aliphatic heterocycles. The lowest BCUT2D eigenvalue weighted by atomic mass is 9.86. The standard InChI is InChI=1S/C60H46N2O2/c63-59-45(35-43-23-9-13-27-49(43)57(59)55-47-25-11-7-21-41(47)31-33-51(55)39-17-3-1-4-18-39)37-61-53-29-15-16-30-54(53)62-38-46-36-44-24-10-14-28-50(44)58(60(46)64)56-48-26-12-8-22-42(48)32-34-52(56)40-19-5-2-6-20-40/h1-14,17-28,31-38,53-54,63-64H,15-16,29-30H2/t53-,54-/m1/s1. The van der Waals surface area contributed by atoms with Crippen LogP contribution in [-0.2, 0) is 0 Å². The summed E-state index contributed by atoms with van der Waals surface area (Å²) in [4.78, 5) is 10.5. The van der Waals surface area contributed by atoms with Crippen molar-refractivity contribution in [2.45, 2.75) is 37.8 Å². The molecule has 1 saturated carbocycles. The molecule has 64 heavy (non-hydrogen) atoms. The first-order valence-corrected chi connectivity index (χ1v) is 22.3. The Kier molecular flexibility index (Phi) is 10.3. The zero-order valence-corrected chi connectivity index (χ0v) is 35.4. The summed E-state index contributed by atoms with van der Waals surface area (Å²) in [5, 5.41) is 33.4. The lowest BCUT2D eigenvalue weighted by Gasteiger charge is -2.26. The molecule has 1 aliphatic carbocycles. The molecule has 10 aromatic rings. The maximum atomic E-state index is 12.5. The summed E-state index contributed by atoms with van der Waals surface area (Å²) in [6.07, 6.45) is 7.60. The van der Waals surface area contributed by atoms with Gasteiger partial charge in [0, 0.05) is 45.8 Å². The highest BCUT2D eigenvalue weighted by atomic mass is 16.3. The zero-order chi connectivity index (χ0) is 43.0. The third kappa shape index (κ3) is 7.07. The molecule has 2 atom stereocenters. The van der Waals surface area contributed by atoms with Crippen LogP contribution in [0.25, 0.3) is 87.6 Å². The fourth-order valence-electron chi connectivity index (χ4n) is 10.0. The number of nitrogens with zero attached hydrogens (tertiary/aromatic N) is 2. The number of hydrogen-bond acceptors (Lipinski definition) is 4. The number of aliphatic imine (C=N–C) groups is 2. The number of hydrogen-bond donors (Lipinski definition) is 2. The van der Waals surface area contributed by atoms with Gasteiger partial charge in [-0.25, -0.2) is 0 Å². The van der Waals surface area contributed by atoms with E-state index >= 15 is 0 Å². The van der Waals surface area contributed by atoms with E-state index in [1.807, 2.05) is 48.8 Å². The van der Waals surface area contributed by atoms with E-state index < -0.39 is 0 Å². The van der Waals surface area contributed by atoms with Crippen LogP contribution in [0.5, 0.6) is 11.5 Å². The SMILES string of the molecule is Oc1c(C=N[C@@H]2CCCC[C@H]2N=Cc2cc3ccccc3c(-c3c(-c4ccccc4)ccc4ccccc34)c2O)cc2ccccc2c1-c1c(-c2ccccc2)ccc2ccccc12. The van der Waals surface area contributed by atoms with Gasteiger partial charge in [0.2, 0.25) is 0 Å². The third-order valence-electron chi connectivity index (χ3n) is 13.1. The summed E-state index contributed by atoms with van der Waals surface area (Å²) in [7, 11) is 0. The average molecular weight is 827 g/mol. The minimum Gasteiger partial charge on any atom is -0.507 e. The lowest BCUT2D eigenvalue weighted by Crippen LogP contribution is -2.27. The van der Waals surface area contributed by atoms with Crippen molar-refractivity contribution >= 4 is 55.5 Å². The van der Waals surface area contributed by atoms with Crippen LogP contribution >= 0.6 is 0 Å². The van der Waals surface area contributed by atoms with Crippen molar-refractivity contribution in [3.05, 3.63) is 205 Å². The van der Waals surface area contributed by atoms with E-state index in [0.717, 1.165) is 113 Å². The Balaban J connectivity index is 1.00. The van der Waals surface area contributed by atoms with E-state index in [9.17, 15) is 10.2 Å². The first-order valence-electron chi connectivity index (χ1n) is 22.3. The van der Waals surface area contributed by atoms with Crippen molar-refractivity contribution in [1.82, 2.24) is 0 Å². The van der Waals surface area contributed by atoms with E-state index in [0.29, 0.717) is 11.1 Å². The topological polar surface area (TPSA) is 65.2 Å². The molecule has 0 aromatic heterocycles. The predicted molar refractivity (Wildman–Crippen MR) is 269 cm³/mol. The van der Waals surface area contributed by atoms with Gasteiger partial charge in [-0.05, 0) is 90.3 Å². The molecule has 0 spiro atoms. The van der Waals surface area contributed by atoms with Crippen LogP contribution in [0.4, 0.5) is 0 Å². The molecule has 0 heterocycles. The maximum Gasteiger partial charge on any atom is 0.132 e. The van der Waals surface area contributed by atoms with E-state index in [1.54, 1.807) is 0 Å². The van der Waals surface area contributed by atoms with Crippen LogP contribution in [0, 0.1) is 0 Å². The van der Waals surface area contributed by atoms with Gasteiger partial charge in [0.15, 0.2) is 0 Å². The molecule has 4 nitrogen and oxygen atoms in total. The van der Waals surface area contributed by atoms with Crippen LogP contribution < -0.4 is 0 Å². The van der Waals surface area contributed by atoms with Gasteiger partial charge in [0.25, 0.3) is 0 Å². The molecule has 308 valence electrons. The second kappa shape index (κ2) is 16.8. The lowest BCUT2D eigenvalue weighted by molar-refractivity contribution is 0.390. The summed E-state index contributed by atoms with van der Waals surface area (Å²) in [5.41, 5.74) is 9.27. The summed E-state index contributed by atoms with van der Waals surface area (Å²) in [6, 6.07) is 66.9. The molecule has 4 heteroatoms. The zero-order valence-electron chi connectivity index (χ0n) is 35.4. The fourth-order valence-corrected chi connectivity index (χ4v) is 10.0. The molecule has 0 radical (unpaired) electrons. The van der Waals surface area contributed by atoms with E-state index in [1.165, 1.54) is 0 Å². The molecule has 11 rings (SSSR count). The van der Waals surface area contributed by atoms with E-state index in [2.05, 4.69) is 158 Å². The van der Waals surface area contributed by atoms with Crippen molar-refractivity contribution in [2.24, 2.45) is 9.98 Å². The number of aromatic hydroxyl groups is 2. The summed E-state index contributed by atoms with van der Waals surface area (Å²) in [5.74, 6) is 0.424. The fraction of sp³-hybridized carbons (Fsp3) is 0.100. The number of phenols is 2. The molecule has 0 bridgehead atoms. The predicted octanol–water partition coefficient (Wildman–Crippen LogP) is 15.2. The monoisotopic (exact) mass is 826 g/mol. The van der Waals surface area contributed by atoms with Gasteiger partial charge in [0.05, 0.1) is 12.1 Å². The highest BCUT2D eigenvalue weighted by molar-refractivity contribution is 6.16. The normalized spacial score (nSPS) is 15.6. The van der Waals surface area contributed by atoms with Crippen LogP contribution in [0.1, 0.15) is 36.8 Å². The van der Waals surface area contributed by atoms with E-state index in [-0.39, 0.29) is 23.6 Å². The first kappa shape index (κ1) is 39.1. The molecular weight excluding hydrogens is 781 g/mol. The maximum absolute atomic E-state index is 12.5. The van der Waals surface area contributed by atoms with Crippen molar-refractivity contribution < 1.29 is 10.2 Å². The largest absolute Gasteiger partial charge is 0.507 e. The van der Waals surface area contributed by atoms with Gasteiger partial charge in [0.1, 0.15) is 11.5 Å². The van der Waals surface area contributed by atoms with Crippen LogP contribution in [-0.4, -0.2) is 34.7 Å². The molecule has 2 N–H and O–H groups in total. The Morgan fingerprint density at radius 3 is 1.11 bits per heavy atom. The molecular formula is C60H46N2O2. The van der Waals surface area contributed by atoms with Crippen molar-refractivity contribution in [3.8, 4) is 56.0 Å². The Bertz CT molecular complexity index is 3200. The Hall–Kier alpha value is -7.82. The Morgan fingerprint density at radius 1 is 0.359 bits per heavy atom. The third-order valence-corrected chi connectivity index (χ3v) is 13.1. The minimum absolute atomic E-state index is 0.0958. The summed E-state index contributed by atoms with van der Waals surface area (Å²) in [6.45, 7) is 0. The van der Waals surface area contributed by atoms with Crippen LogP contribution in [0.15, 0.2) is 204 Å². The Labute approximate surface area is 373 Å². The molecule has 0 saturated heterocycles. The van der Waals surface area contributed by atoms with Gasteiger partial charge in [-0.15, -0.1) is 0 Å². The highest BCUT2D eigenvalue weighted by Crippen LogP contribution is 2.48. The second-order valence-corrected chi connectivity index (χ2v) is 16.9. The van der Waals surface area contributed by atoms with Crippen molar-refractivity contribution in [1.29, 1.82) is 0 Å². The second-order valence-electron chi connectivity index (χ2n) is 16.9. The molecule has 1 aliphatic rings. The molecule has 0 unspecified atom stereocenters. The van der Waals surface area contributed by atoms with Gasteiger partial charge in [-0.1, -0.05) is 195 Å². The van der Waals surface area contributed by atoms with E-state index in [4.69, 9.17) is 9.98 Å². The first-order chi connectivity index (χ1) is 31.6. The molecule has 10 aromatic carbocycles. The highest BCUT2D eigenvalue weighted by Gasteiger charge is 2.26. The van der Waals surface area contributed by atoms with Gasteiger partial charge < -0.3 is 10.2 Å². The van der Waals surface area contributed by atoms with Crippen LogP contribution in [0.3, 0.4) is 0 Å². The van der Waals surface area contributed by atoms with Gasteiger partial charge >= 0.3 is 0 Å². The average Bonchev–Trinajstić information content (AvgIpc) is 3.35. The molecule has 1 fully saturated rings. The Morgan fingerprint density at radius 2 is 0.703 bits per heavy atom. The van der Waals surface area contributed by atoms with Crippen molar-refractivity contribution in [3.63, 3.8) is 0 Å². The van der Waals surface area contributed by atoms with Crippen LogP contribution in [0.2, 0.25) is 0 Å². The molecule has 0 amide bonds. The number of benzene rings is 10. The smallest absolute Gasteiger partial charge is 0.132 e. The minimum atomic E-state index is -0.0958. The van der Waals surface area contributed by atoms with Crippen molar-refractivity contribution in [2.75, 3.05) is 0 Å².